The van der Waals surface area contributed by atoms with Crippen molar-refractivity contribution < 1.29 is 9.53 Å². The summed E-state index contributed by atoms with van der Waals surface area (Å²) in [5, 5.41) is 8.64. The number of ether oxygens (including phenoxy) is 1. The van der Waals surface area contributed by atoms with E-state index in [1.807, 2.05) is 6.07 Å². The fourth-order valence-corrected chi connectivity index (χ4v) is 1.67. The van der Waals surface area contributed by atoms with Crippen LogP contribution in [0.4, 0.5) is 0 Å². The number of aromatic amines is 1. The van der Waals surface area contributed by atoms with Crippen LogP contribution in [0.3, 0.4) is 0 Å². The third-order valence-corrected chi connectivity index (χ3v) is 2.75. The van der Waals surface area contributed by atoms with E-state index in [4.69, 9.17) is 16.4 Å². The van der Waals surface area contributed by atoms with Gasteiger partial charge in [0.05, 0.1) is 0 Å². The molecule has 1 fully saturated rings. The Hall–Kier alpha value is -2.20. The van der Waals surface area contributed by atoms with E-state index in [-0.39, 0.29) is 6.10 Å². The van der Waals surface area contributed by atoms with Gasteiger partial charge in [0, 0.05) is 6.42 Å². The average Bonchev–Trinajstić information content (AvgIpc) is 3.06. The molecule has 1 saturated carbocycles. The molecule has 86 valence electrons. The van der Waals surface area contributed by atoms with Crippen molar-refractivity contribution in [1.29, 1.82) is 5.26 Å². The van der Waals surface area contributed by atoms with E-state index in [9.17, 15) is 4.79 Å². The lowest BCUT2D eigenvalue weighted by molar-refractivity contribution is 0.0255. The predicted octanol–water partition coefficient (Wildman–Crippen LogP) is 1.85. The van der Waals surface area contributed by atoms with Crippen LogP contribution in [0.15, 0.2) is 12.1 Å². The largest absolute Gasteiger partial charge is 0.456 e. The minimum Gasteiger partial charge on any atom is -0.456 e. The number of aromatic nitrogens is 1. The zero-order chi connectivity index (χ0) is 12.3. The summed E-state index contributed by atoms with van der Waals surface area (Å²) in [5.74, 6) is 2.48. The van der Waals surface area contributed by atoms with Crippen LogP contribution in [0.25, 0.3) is 0 Å². The first-order valence-corrected chi connectivity index (χ1v) is 5.48. The Bertz CT molecular complexity index is 500. The first kappa shape index (κ1) is 11.3. The van der Waals surface area contributed by atoms with Crippen LogP contribution in [-0.2, 0) is 4.74 Å². The fourth-order valence-electron chi connectivity index (χ4n) is 1.67. The molecule has 17 heavy (non-hydrogen) atoms. The van der Waals surface area contributed by atoms with Crippen LogP contribution in [0.5, 0.6) is 0 Å². The molecule has 1 aliphatic rings. The van der Waals surface area contributed by atoms with Crippen LogP contribution < -0.4 is 0 Å². The second kappa shape index (κ2) is 4.76. The Morgan fingerprint density at radius 1 is 1.65 bits per heavy atom. The number of carbonyl (C=O) groups excluding carboxylic acids is 1. The first-order valence-electron chi connectivity index (χ1n) is 5.48. The highest BCUT2D eigenvalue weighted by Gasteiger charge is 2.33. The fraction of sp³-hybridized carbons (Fsp3) is 0.385. The maximum absolute atomic E-state index is 11.8. The summed E-state index contributed by atoms with van der Waals surface area (Å²) in [6.07, 6.45) is 7.62. The highest BCUT2D eigenvalue weighted by atomic mass is 16.5. The van der Waals surface area contributed by atoms with Gasteiger partial charge in [0.1, 0.15) is 23.6 Å². The van der Waals surface area contributed by atoms with Crippen LogP contribution in [0.1, 0.15) is 35.4 Å². The molecule has 1 aromatic heterocycles. The van der Waals surface area contributed by atoms with Gasteiger partial charge >= 0.3 is 5.97 Å². The predicted molar refractivity (Wildman–Crippen MR) is 60.9 cm³/mol. The van der Waals surface area contributed by atoms with E-state index in [1.165, 1.54) is 0 Å². The Labute approximate surface area is 99.6 Å². The lowest BCUT2D eigenvalue weighted by Gasteiger charge is -2.13. The number of nitriles is 1. The number of H-pyrrole nitrogens is 1. The first-order chi connectivity index (χ1) is 8.24. The summed E-state index contributed by atoms with van der Waals surface area (Å²) in [4.78, 5) is 14.4. The average molecular weight is 228 g/mol. The molecule has 0 spiro atoms. The van der Waals surface area contributed by atoms with Crippen LogP contribution in [0, 0.1) is 29.6 Å². The molecule has 1 heterocycles. The van der Waals surface area contributed by atoms with Crippen molar-refractivity contribution in [2.45, 2.75) is 25.4 Å². The van der Waals surface area contributed by atoms with Gasteiger partial charge in [-0.25, -0.2) is 4.79 Å². The molecule has 0 aromatic carbocycles. The van der Waals surface area contributed by atoms with Gasteiger partial charge in [0.2, 0.25) is 0 Å². The zero-order valence-corrected chi connectivity index (χ0v) is 9.27. The molecule has 1 unspecified atom stereocenters. The minimum absolute atomic E-state index is 0.193. The Morgan fingerprint density at radius 2 is 2.41 bits per heavy atom. The number of hydrogen-bond acceptors (Lipinski definition) is 3. The molecule has 1 aromatic rings. The minimum atomic E-state index is -0.446. The maximum Gasteiger partial charge on any atom is 0.355 e. The lowest BCUT2D eigenvalue weighted by Crippen LogP contribution is -2.20. The summed E-state index contributed by atoms with van der Waals surface area (Å²) in [6.45, 7) is 0. The molecule has 0 bridgehead atoms. The van der Waals surface area contributed by atoms with Crippen LogP contribution in [0.2, 0.25) is 0 Å². The molecule has 0 radical (unpaired) electrons. The van der Waals surface area contributed by atoms with E-state index in [0.717, 1.165) is 12.8 Å². The van der Waals surface area contributed by atoms with Gasteiger partial charge in [0.25, 0.3) is 0 Å². The van der Waals surface area contributed by atoms with E-state index in [1.54, 1.807) is 12.1 Å². The van der Waals surface area contributed by atoms with Crippen molar-refractivity contribution in [2.75, 3.05) is 0 Å². The second-order valence-corrected chi connectivity index (χ2v) is 4.09. The number of carbonyl (C=O) groups is 1. The monoisotopic (exact) mass is 228 g/mol. The van der Waals surface area contributed by atoms with Gasteiger partial charge in [-0.2, -0.15) is 5.26 Å². The smallest absolute Gasteiger partial charge is 0.355 e. The SMILES string of the molecule is C#CCC(OC(=O)c1ccc(C#N)[nH]1)C1CC1. The molecule has 1 atom stereocenters. The molecule has 0 saturated heterocycles. The Kier molecular flexibility index (Phi) is 3.16. The highest BCUT2D eigenvalue weighted by molar-refractivity contribution is 5.87. The number of esters is 1. The summed E-state index contributed by atoms with van der Waals surface area (Å²) >= 11 is 0. The molecule has 2 rings (SSSR count). The molecule has 1 aliphatic carbocycles. The topological polar surface area (TPSA) is 65.9 Å². The van der Waals surface area contributed by atoms with Gasteiger partial charge in [-0.3, -0.25) is 0 Å². The molecular formula is C13H12N2O2. The summed E-state index contributed by atoms with van der Waals surface area (Å²) in [7, 11) is 0. The second-order valence-electron chi connectivity index (χ2n) is 4.09. The summed E-state index contributed by atoms with van der Waals surface area (Å²) in [6, 6.07) is 5.01. The number of nitrogens with one attached hydrogen (secondary N) is 1. The van der Waals surface area contributed by atoms with Crippen molar-refractivity contribution in [1.82, 2.24) is 4.98 Å². The summed E-state index contributed by atoms with van der Waals surface area (Å²) in [5.41, 5.74) is 0.640. The number of hydrogen-bond donors (Lipinski definition) is 1. The molecule has 4 nitrogen and oxygen atoms in total. The Balaban J connectivity index is 2.00. The van der Waals surface area contributed by atoms with Gasteiger partial charge in [-0.1, -0.05) is 0 Å². The quantitative estimate of drug-likeness (QED) is 0.631. The van der Waals surface area contributed by atoms with E-state index in [0.29, 0.717) is 23.7 Å². The van der Waals surface area contributed by atoms with Crippen molar-refractivity contribution >= 4 is 5.97 Å². The third-order valence-electron chi connectivity index (χ3n) is 2.75. The third kappa shape index (κ3) is 2.68. The molecule has 1 N–H and O–H groups in total. The van der Waals surface area contributed by atoms with Crippen LogP contribution >= 0.6 is 0 Å². The molecular weight excluding hydrogens is 216 g/mol. The Morgan fingerprint density at radius 3 is 2.94 bits per heavy atom. The number of terminal acetylenes is 1. The number of nitrogens with zero attached hydrogens (tertiary/aromatic N) is 1. The molecule has 0 aliphatic heterocycles. The maximum atomic E-state index is 11.8. The molecule has 4 heteroatoms. The highest BCUT2D eigenvalue weighted by Crippen LogP contribution is 2.36. The molecule has 0 amide bonds. The summed E-state index contributed by atoms with van der Waals surface area (Å²) < 4.78 is 5.34. The standard InChI is InChI=1S/C13H12N2O2/c1-2-3-12(9-4-5-9)17-13(16)11-7-6-10(8-14)15-11/h1,6-7,9,12,15H,3-5H2. The van der Waals surface area contributed by atoms with Crippen LogP contribution in [-0.4, -0.2) is 17.1 Å². The van der Waals surface area contributed by atoms with Gasteiger partial charge in [-0.15, -0.1) is 12.3 Å². The van der Waals surface area contributed by atoms with E-state index < -0.39 is 5.97 Å². The van der Waals surface area contributed by atoms with Gasteiger partial charge < -0.3 is 9.72 Å². The van der Waals surface area contributed by atoms with E-state index in [2.05, 4.69) is 10.9 Å². The van der Waals surface area contributed by atoms with Gasteiger partial charge in [0.15, 0.2) is 0 Å². The lowest BCUT2D eigenvalue weighted by atomic mass is 10.2. The van der Waals surface area contributed by atoms with Crippen molar-refractivity contribution in [2.24, 2.45) is 5.92 Å². The normalized spacial score (nSPS) is 15.6. The zero-order valence-electron chi connectivity index (χ0n) is 9.27. The number of rotatable bonds is 4. The van der Waals surface area contributed by atoms with Gasteiger partial charge in [-0.05, 0) is 30.9 Å². The van der Waals surface area contributed by atoms with Crippen molar-refractivity contribution in [3.05, 3.63) is 23.5 Å². The van der Waals surface area contributed by atoms with Crippen molar-refractivity contribution in [3.8, 4) is 18.4 Å². The van der Waals surface area contributed by atoms with Crippen molar-refractivity contribution in [3.63, 3.8) is 0 Å². The van der Waals surface area contributed by atoms with E-state index >= 15 is 0 Å².